The predicted molar refractivity (Wildman–Crippen MR) is 111 cm³/mol. The maximum atomic E-state index is 12.6. The number of amides is 2. The molecule has 0 saturated carbocycles. The van der Waals surface area contributed by atoms with Crippen molar-refractivity contribution in [1.82, 2.24) is 14.8 Å². The van der Waals surface area contributed by atoms with Crippen molar-refractivity contribution >= 4 is 39.1 Å². The summed E-state index contributed by atoms with van der Waals surface area (Å²) in [5.41, 5.74) is 9.74. The minimum atomic E-state index is -0.491. The van der Waals surface area contributed by atoms with Gasteiger partial charge < -0.3 is 15.5 Å². The van der Waals surface area contributed by atoms with Crippen LogP contribution in [-0.2, 0) is 0 Å². The largest absolute Gasteiger partial charge is 0.369 e. The number of nitrogens with one attached hydrogen (secondary N) is 1. The van der Waals surface area contributed by atoms with Crippen molar-refractivity contribution < 1.29 is 9.59 Å². The molecule has 0 radical (unpaired) electrons. The number of hydrogen-bond acceptors (Lipinski definition) is 6. The summed E-state index contributed by atoms with van der Waals surface area (Å²) < 4.78 is 0. The molecule has 4 rings (SSSR count). The average molecular weight is 398 g/mol. The third-order valence-corrected chi connectivity index (χ3v) is 6.15. The lowest BCUT2D eigenvalue weighted by atomic mass is 10.1. The summed E-state index contributed by atoms with van der Waals surface area (Å²) in [6.07, 6.45) is 1.59. The number of benzene rings is 1. The second-order valence-electron chi connectivity index (χ2n) is 6.70. The standard InChI is InChI=1S/C19H22N6O2S/c1-2-23-7-9-24(10-8-23)15-5-3-13(4-6-15)18(27)22-25-19-14(12-21-25)11-16(28-19)17(20)26/h3-6,11-12H,2,7-10H2,1H3,(H2,20,26)(H,22,27). The molecule has 2 amide bonds. The fourth-order valence-electron chi connectivity index (χ4n) is 3.33. The van der Waals surface area contributed by atoms with Gasteiger partial charge in [0, 0.05) is 42.8 Å². The van der Waals surface area contributed by atoms with E-state index in [4.69, 9.17) is 5.73 Å². The third-order valence-electron chi connectivity index (χ3n) is 5.01. The third kappa shape index (κ3) is 3.58. The number of hydrogen-bond donors (Lipinski definition) is 2. The average Bonchev–Trinajstić information content (AvgIpc) is 3.30. The molecule has 1 aromatic carbocycles. The van der Waals surface area contributed by atoms with Gasteiger partial charge in [-0.3, -0.25) is 9.59 Å². The molecule has 0 bridgehead atoms. The van der Waals surface area contributed by atoms with Crippen molar-refractivity contribution in [2.45, 2.75) is 6.92 Å². The maximum Gasteiger partial charge on any atom is 0.271 e. The van der Waals surface area contributed by atoms with E-state index >= 15 is 0 Å². The van der Waals surface area contributed by atoms with Crippen LogP contribution in [0.3, 0.4) is 0 Å². The number of thiophene rings is 1. The molecule has 0 unspecified atom stereocenters. The van der Waals surface area contributed by atoms with Crippen molar-refractivity contribution in [2.24, 2.45) is 5.73 Å². The smallest absolute Gasteiger partial charge is 0.271 e. The van der Waals surface area contributed by atoms with Gasteiger partial charge in [0.2, 0.25) is 0 Å². The van der Waals surface area contributed by atoms with Crippen LogP contribution in [0.5, 0.6) is 0 Å². The van der Waals surface area contributed by atoms with E-state index in [1.807, 2.05) is 24.3 Å². The first kappa shape index (κ1) is 18.5. The van der Waals surface area contributed by atoms with E-state index in [1.165, 1.54) is 16.1 Å². The van der Waals surface area contributed by atoms with Crippen LogP contribution in [0.1, 0.15) is 27.0 Å². The van der Waals surface area contributed by atoms with Gasteiger partial charge in [-0.15, -0.1) is 11.3 Å². The van der Waals surface area contributed by atoms with Gasteiger partial charge in [-0.25, -0.2) is 5.43 Å². The van der Waals surface area contributed by atoms with Gasteiger partial charge in [-0.1, -0.05) is 6.92 Å². The van der Waals surface area contributed by atoms with E-state index < -0.39 is 5.91 Å². The van der Waals surface area contributed by atoms with Crippen molar-refractivity contribution in [3.05, 3.63) is 47.0 Å². The Hall–Kier alpha value is -2.91. The Labute approximate surface area is 166 Å². The molecule has 0 atom stereocenters. The highest BCUT2D eigenvalue weighted by Gasteiger charge is 2.17. The number of aromatic nitrogens is 2. The zero-order valence-electron chi connectivity index (χ0n) is 15.6. The quantitative estimate of drug-likeness (QED) is 0.682. The fraction of sp³-hybridized carbons (Fsp3) is 0.316. The molecule has 0 spiro atoms. The molecule has 28 heavy (non-hydrogen) atoms. The van der Waals surface area contributed by atoms with Gasteiger partial charge in [0.15, 0.2) is 0 Å². The monoisotopic (exact) mass is 398 g/mol. The Morgan fingerprint density at radius 1 is 1.18 bits per heavy atom. The number of anilines is 1. The number of piperazine rings is 1. The Kier molecular flexibility index (Phi) is 5.01. The minimum Gasteiger partial charge on any atom is -0.369 e. The lowest BCUT2D eigenvalue weighted by Crippen LogP contribution is -2.46. The van der Waals surface area contributed by atoms with E-state index in [-0.39, 0.29) is 5.91 Å². The molecule has 1 saturated heterocycles. The molecule has 146 valence electrons. The highest BCUT2D eigenvalue weighted by molar-refractivity contribution is 7.20. The number of primary amides is 1. The van der Waals surface area contributed by atoms with Crippen molar-refractivity contribution in [2.75, 3.05) is 43.0 Å². The second-order valence-corrected chi connectivity index (χ2v) is 7.73. The number of fused-ring (bicyclic) bond motifs is 1. The van der Waals surface area contributed by atoms with Gasteiger partial charge in [0.1, 0.15) is 4.83 Å². The molecule has 3 N–H and O–H groups in total. The van der Waals surface area contributed by atoms with E-state index in [0.717, 1.165) is 43.8 Å². The summed E-state index contributed by atoms with van der Waals surface area (Å²) in [7, 11) is 0. The van der Waals surface area contributed by atoms with Crippen LogP contribution in [0.4, 0.5) is 5.69 Å². The molecule has 8 nitrogen and oxygen atoms in total. The summed E-state index contributed by atoms with van der Waals surface area (Å²) in [6, 6.07) is 9.27. The van der Waals surface area contributed by atoms with Gasteiger partial charge in [0.05, 0.1) is 11.1 Å². The van der Waals surface area contributed by atoms with Crippen LogP contribution in [0.2, 0.25) is 0 Å². The first-order chi connectivity index (χ1) is 13.5. The summed E-state index contributed by atoms with van der Waals surface area (Å²) in [5, 5.41) is 4.92. The van der Waals surface area contributed by atoms with Gasteiger partial charge in [0.25, 0.3) is 11.8 Å². The number of carbonyl (C=O) groups excluding carboxylic acids is 2. The molecule has 1 aliphatic rings. The summed E-state index contributed by atoms with van der Waals surface area (Å²) in [4.78, 5) is 31.2. The van der Waals surface area contributed by atoms with Gasteiger partial charge in [-0.05, 0) is 36.9 Å². The number of rotatable bonds is 5. The molecule has 3 heterocycles. The lowest BCUT2D eigenvalue weighted by molar-refractivity contribution is 0.0997. The highest BCUT2D eigenvalue weighted by Crippen LogP contribution is 2.24. The molecular weight excluding hydrogens is 376 g/mol. The molecule has 9 heteroatoms. The molecule has 1 aliphatic heterocycles. The summed E-state index contributed by atoms with van der Waals surface area (Å²) in [5.74, 6) is -0.754. The topological polar surface area (TPSA) is 96.5 Å². The molecule has 3 aromatic rings. The maximum absolute atomic E-state index is 12.6. The van der Waals surface area contributed by atoms with E-state index in [0.29, 0.717) is 15.3 Å². The first-order valence-electron chi connectivity index (χ1n) is 9.21. The zero-order chi connectivity index (χ0) is 19.7. The van der Waals surface area contributed by atoms with Crippen molar-refractivity contribution in [3.8, 4) is 0 Å². The van der Waals surface area contributed by atoms with Crippen LogP contribution in [0.25, 0.3) is 10.2 Å². The minimum absolute atomic E-state index is 0.263. The predicted octanol–water partition coefficient (Wildman–Crippen LogP) is 1.72. The van der Waals surface area contributed by atoms with Crippen molar-refractivity contribution in [1.29, 1.82) is 0 Å². The fourth-order valence-corrected chi connectivity index (χ4v) is 4.24. The molecule has 1 fully saturated rings. The number of likely N-dealkylation sites (N-methyl/N-ethyl adjacent to an activating group) is 1. The van der Waals surface area contributed by atoms with E-state index in [1.54, 1.807) is 12.3 Å². The Morgan fingerprint density at radius 2 is 1.89 bits per heavy atom. The van der Waals surface area contributed by atoms with Crippen LogP contribution in [-0.4, -0.2) is 59.3 Å². The molecule has 2 aromatic heterocycles. The number of nitrogens with zero attached hydrogens (tertiary/aromatic N) is 4. The van der Waals surface area contributed by atoms with Gasteiger partial charge >= 0.3 is 0 Å². The first-order valence-corrected chi connectivity index (χ1v) is 10.0. The van der Waals surface area contributed by atoms with Gasteiger partial charge in [-0.2, -0.15) is 9.89 Å². The van der Waals surface area contributed by atoms with Crippen molar-refractivity contribution in [3.63, 3.8) is 0 Å². The second kappa shape index (κ2) is 7.61. The Balaban J connectivity index is 1.45. The highest BCUT2D eigenvalue weighted by atomic mass is 32.1. The summed E-state index contributed by atoms with van der Waals surface area (Å²) >= 11 is 1.20. The van der Waals surface area contributed by atoms with Crippen LogP contribution in [0.15, 0.2) is 36.5 Å². The molecular formula is C19H22N6O2S. The lowest BCUT2D eigenvalue weighted by Gasteiger charge is -2.35. The number of nitrogens with two attached hydrogens (primary N) is 1. The summed E-state index contributed by atoms with van der Waals surface area (Å²) in [6.45, 7) is 7.36. The van der Waals surface area contributed by atoms with Crippen LogP contribution in [0, 0.1) is 0 Å². The van der Waals surface area contributed by atoms with E-state index in [2.05, 4.69) is 27.2 Å². The van der Waals surface area contributed by atoms with Crippen LogP contribution >= 0.6 is 11.3 Å². The SMILES string of the molecule is CCN1CCN(c2ccc(C(=O)Nn3ncc4cc(C(N)=O)sc43)cc2)CC1. The molecule has 0 aliphatic carbocycles. The Bertz CT molecular complexity index is 1000. The normalized spacial score (nSPS) is 15.1. The van der Waals surface area contributed by atoms with E-state index in [9.17, 15) is 9.59 Å². The Morgan fingerprint density at radius 3 is 2.54 bits per heavy atom. The number of carbonyl (C=O) groups is 2. The zero-order valence-corrected chi connectivity index (χ0v) is 16.4. The van der Waals surface area contributed by atoms with Crippen LogP contribution < -0.4 is 16.1 Å².